The van der Waals surface area contributed by atoms with Crippen molar-refractivity contribution < 1.29 is 0 Å². The molecule has 2 aromatic rings. The fourth-order valence-electron chi connectivity index (χ4n) is 1.77. The van der Waals surface area contributed by atoms with E-state index in [1.54, 1.807) is 0 Å². The minimum Gasteiger partial charge on any atom is -0.378 e. The van der Waals surface area contributed by atoms with Gasteiger partial charge in [-0.05, 0) is 60.2 Å². The highest BCUT2D eigenvalue weighted by Gasteiger charge is 2.08. The second-order valence-electron chi connectivity index (χ2n) is 4.27. The molecule has 0 aliphatic heterocycles. The molecule has 0 spiro atoms. The molecular weight excluding hydrogens is 325 g/mol. The van der Waals surface area contributed by atoms with Gasteiger partial charge in [-0.25, -0.2) is 0 Å². The lowest BCUT2D eigenvalue weighted by Gasteiger charge is -2.15. The van der Waals surface area contributed by atoms with Crippen molar-refractivity contribution >= 4 is 28.3 Å². The van der Waals surface area contributed by atoms with E-state index in [1.807, 2.05) is 24.1 Å². The van der Waals surface area contributed by atoms with Gasteiger partial charge in [-0.1, -0.05) is 0 Å². The standard InChI is InChI=1S/C13H16IN3/c1-9-6-12(14)4-5-13(9)16-10(2)11-7-15-17(3)8-11/h4-8,10,16H,1-3H3. The van der Waals surface area contributed by atoms with Crippen molar-refractivity contribution in [2.24, 2.45) is 7.05 Å². The number of halogens is 1. The van der Waals surface area contributed by atoms with Crippen molar-refractivity contribution in [2.45, 2.75) is 19.9 Å². The average molecular weight is 341 g/mol. The average Bonchev–Trinajstić information content (AvgIpc) is 2.69. The summed E-state index contributed by atoms with van der Waals surface area (Å²) >= 11 is 2.33. The summed E-state index contributed by atoms with van der Waals surface area (Å²) in [5.74, 6) is 0. The number of rotatable bonds is 3. The molecule has 0 saturated heterocycles. The maximum Gasteiger partial charge on any atom is 0.0542 e. The first-order valence-electron chi connectivity index (χ1n) is 5.57. The largest absolute Gasteiger partial charge is 0.378 e. The Bertz CT molecular complexity index is 519. The van der Waals surface area contributed by atoms with E-state index in [0.29, 0.717) is 0 Å². The summed E-state index contributed by atoms with van der Waals surface area (Å²) in [7, 11) is 1.94. The summed E-state index contributed by atoms with van der Waals surface area (Å²) in [4.78, 5) is 0. The second-order valence-corrected chi connectivity index (χ2v) is 5.52. The Morgan fingerprint density at radius 2 is 2.18 bits per heavy atom. The highest BCUT2D eigenvalue weighted by molar-refractivity contribution is 14.1. The highest BCUT2D eigenvalue weighted by atomic mass is 127. The third-order valence-electron chi connectivity index (χ3n) is 2.79. The van der Waals surface area contributed by atoms with Gasteiger partial charge in [0.05, 0.1) is 12.2 Å². The fourth-order valence-corrected chi connectivity index (χ4v) is 2.42. The van der Waals surface area contributed by atoms with E-state index in [0.717, 1.165) is 0 Å². The van der Waals surface area contributed by atoms with E-state index in [9.17, 15) is 0 Å². The quantitative estimate of drug-likeness (QED) is 0.866. The number of nitrogens with zero attached hydrogens (tertiary/aromatic N) is 2. The van der Waals surface area contributed by atoms with Crippen LogP contribution in [-0.4, -0.2) is 9.78 Å². The molecule has 1 aromatic carbocycles. The van der Waals surface area contributed by atoms with Gasteiger partial charge in [0.25, 0.3) is 0 Å². The van der Waals surface area contributed by atoms with Gasteiger partial charge >= 0.3 is 0 Å². The van der Waals surface area contributed by atoms with Crippen LogP contribution in [0.25, 0.3) is 0 Å². The third-order valence-corrected chi connectivity index (χ3v) is 3.46. The van der Waals surface area contributed by atoms with Gasteiger partial charge in [0.2, 0.25) is 0 Å². The van der Waals surface area contributed by atoms with E-state index in [4.69, 9.17) is 0 Å². The van der Waals surface area contributed by atoms with Gasteiger partial charge in [-0.15, -0.1) is 0 Å². The van der Waals surface area contributed by atoms with Crippen LogP contribution in [0.4, 0.5) is 5.69 Å². The topological polar surface area (TPSA) is 29.9 Å². The zero-order valence-electron chi connectivity index (χ0n) is 10.2. The maximum absolute atomic E-state index is 4.19. The first-order chi connectivity index (χ1) is 8.06. The van der Waals surface area contributed by atoms with Gasteiger partial charge in [0.15, 0.2) is 0 Å². The first kappa shape index (κ1) is 12.4. The monoisotopic (exact) mass is 341 g/mol. The molecule has 3 nitrogen and oxygen atoms in total. The second kappa shape index (κ2) is 5.08. The highest BCUT2D eigenvalue weighted by Crippen LogP contribution is 2.23. The van der Waals surface area contributed by atoms with Crippen molar-refractivity contribution in [3.05, 3.63) is 45.3 Å². The van der Waals surface area contributed by atoms with Crippen LogP contribution < -0.4 is 5.32 Å². The van der Waals surface area contributed by atoms with E-state index in [2.05, 4.69) is 65.1 Å². The zero-order valence-corrected chi connectivity index (χ0v) is 12.4. The van der Waals surface area contributed by atoms with Gasteiger partial charge in [0, 0.05) is 28.1 Å². The number of hydrogen-bond donors (Lipinski definition) is 1. The molecule has 0 radical (unpaired) electrons. The lowest BCUT2D eigenvalue weighted by atomic mass is 10.1. The Balaban J connectivity index is 2.15. The molecule has 0 fully saturated rings. The van der Waals surface area contributed by atoms with Crippen LogP contribution in [0.1, 0.15) is 24.1 Å². The van der Waals surface area contributed by atoms with Crippen LogP contribution in [-0.2, 0) is 7.05 Å². The van der Waals surface area contributed by atoms with Gasteiger partial charge in [-0.2, -0.15) is 5.10 Å². The molecule has 1 N–H and O–H groups in total. The van der Waals surface area contributed by atoms with Crippen molar-refractivity contribution in [3.8, 4) is 0 Å². The van der Waals surface area contributed by atoms with Gasteiger partial charge in [0.1, 0.15) is 0 Å². The molecule has 0 saturated carbocycles. The zero-order chi connectivity index (χ0) is 12.4. The molecule has 0 amide bonds. The minimum absolute atomic E-state index is 0.266. The Morgan fingerprint density at radius 1 is 1.41 bits per heavy atom. The number of anilines is 1. The summed E-state index contributed by atoms with van der Waals surface area (Å²) in [6.07, 6.45) is 3.94. The van der Waals surface area contributed by atoms with Crippen LogP contribution in [0.2, 0.25) is 0 Å². The van der Waals surface area contributed by atoms with E-state index >= 15 is 0 Å². The van der Waals surface area contributed by atoms with Crippen molar-refractivity contribution in [3.63, 3.8) is 0 Å². The SMILES string of the molecule is Cc1cc(I)ccc1NC(C)c1cnn(C)c1. The minimum atomic E-state index is 0.266. The number of aromatic nitrogens is 2. The smallest absolute Gasteiger partial charge is 0.0542 e. The third kappa shape index (κ3) is 3.00. The van der Waals surface area contributed by atoms with Crippen molar-refractivity contribution in [1.29, 1.82) is 0 Å². The van der Waals surface area contributed by atoms with Crippen LogP contribution >= 0.6 is 22.6 Å². The van der Waals surface area contributed by atoms with Gasteiger partial charge < -0.3 is 5.32 Å². The summed E-state index contributed by atoms with van der Waals surface area (Å²) < 4.78 is 3.09. The van der Waals surface area contributed by atoms with Crippen molar-refractivity contribution in [2.75, 3.05) is 5.32 Å². The number of hydrogen-bond acceptors (Lipinski definition) is 2. The summed E-state index contributed by atoms with van der Waals surface area (Å²) in [5, 5.41) is 7.70. The van der Waals surface area contributed by atoms with Crippen LogP contribution in [0, 0.1) is 10.5 Å². The number of aryl methyl sites for hydroxylation is 2. The molecule has 17 heavy (non-hydrogen) atoms. The van der Waals surface area contributed by atoms with Gasteiger partial charge in [-0.3, -0.25) is 4.68 Å². The molecule has 0 aliphatic rings. The van der Waals surface area contributed by atoms with Crippen molar-refractivity contribution in [1.82, 2.24) is 9.78 Å². The maximum atomic E-state index is 4.19. The lowest BCUT2D eigenvalue weighted by molar-refractivity contribution is 0.765. The Morgan fingerprint density at radius 3 is 2.76 bits per heavy atom. The molecule has 1 atom stereocenters. The molecule has 90 valence electrons. The molecule has 2 rings (SSSR count). The molecule has 0 aliphatic carbocycles. The molecule has 0 bridgehead atoms. The molecular formula is C13H16IN3. The lowest BCUT2D eigenvalue weighted by Crippen LogP contribution is -2.07. The molecule has 1 unspecified atom stereocenters. The predicted molar refractivity (Wildman–Crippen MR) is 79.1 cm³/mol. The summed E-state index contributed by atoms with van der Waals surface area (Å²) in [6.45, 7) is 4.27. The normalized spacial score (nSPS) is 12.5. The fraction of sp³-hybridized carbons (Fsp3) is 0.308. The Hall–Kier alpha value is -1.04. The van der Waals surface area contributed by atoms with E-state index in [-0.39, 0.29) is 6.04 Å². The Labute approximate surface area is 115 Å². The molecule has 4 heteroatoms. The number of benzene rings is 1. The van der Waals surface area contributed by atoms with Crippen LogP contribution in [0.3, 0.4) is 0 Å². The summed E-state index contributed by atoms with van der Waals surface area (Å²) in [6, 6.07) is 6.69. The number of nitrogens with one attached hydrogen (secondary N) is 1. The summed E-state index contributed by atoms with van der Waals surface area (Å²) in [5.41, 5.74) is 3.65. The Kier molecular flexibility index (Phi) is 3.71. The van der Waals surface area contributed by atoms with Crippen LogP contribution in [0.5, 0.6) is 0 Å². The predicted octanol–water partition coefficient (Wildman–Crippen LogP) is 3.51. The van der Waals surface area contributed by atoms with Crippen LogP contribution in [0.15, 0.2) is 30.6 Å². The molecule has 1 aromatic heterocycles. The first-order valence-corrected chi connectivity index (χ1v) is 6.65. The van der Waals surface area contributed by atoms with E-state index in [1.165, 1.54) is 20.4 Å². The van der Waals surface area contributed by atoms with E-state index < -0.39 is 0 Å². The molecule has 1 heterocycles.